The number of carbonyl (C=O) groups excluding carboxylic acids is 1. The highest BCUT2D eigenvalue weighted by molar-refractivity contribution is 5.77. The van der Waals surface area contributed by atoms with E-state index in [9.17, 15) is 9.90 Å². The van der Waals surface area contributed by atoms with Crippen LogP contribution in [0, 0.1) is 0 Å². The maximum absolute atomic E-state index is 12.0. The Balaban J connectivity index is 1.60. The van der Waals surface area contributed by atoms with Crippen LogP contribution in [0.1, 0.15) is 12.0 Å². The summed E-state index contributed by atoms with van der Waals surface area (Å²) >= 11 is 0. The number of benzene rings is 1. The molecule has 1 amide bonds. The number of carbonyl (C=O) groups is 1. The maximum Gasteiger partial charge on any atom is 0.234 e. The summed E-state index contributed by atoms with van der Waals surface area (Å²) in [6.45, 7) is 6.19. The molecule has 1 unspecified atom stereocenters. The highest BCUT2D eigenvalue weighted by Gasteiger charge is 2.20. The molecular formula is C22H37N3O6. The van der Waals surface area contributed by atoms with Crippen molar-refractivity contribution in [2.75, 3.05) is 80.4 Å². The zero-order chi connectivity index (χ0) is 22.5. The van der Waals surface area contributed by atoms with Gasteiger partial charge in [0.15, 0.2) is 11.5 Å². The van der Waals surface area contributed by atoms with Crippen molar-refractivity contribution in [1.82, 2.24) is 15.1 Å². The lowest BCUT2D eigenvalue weighted by atomic mass is 10.2. The zero-order valence-corrected chi connectivity index (χ0v) is 19.0. The second kappa shape index (κ2) is 14.2. The Morgan fingerprint density at radius 3 is 2.48 bits per heavy atom. The van der Waals surface area contributed by atoms with Crippen LogP contribution in [-0.4, -0.2) is 107 Å². The number of nitrogens with zero attached hydrogens (tertiary/aromatic N) is 2. The minimum atomic E-state index is -0.559. The van der Waals surface area contributed by atoms with E-state index in [1.54, 1.807) is 21.3 Å². The van der Waals surface area contributed by atoms with Crippen molar-refractivity contribution in [3.8, 4) is 11.5 Å². The molecule has 1 atom stereocenters. The van der Waals surface area contributed by atoms with Gasteiger partial charge in [-0.25, -0.2) is 0 Å². The fourth-order valence-corrected chi connectivity index (χ4v) is 3.47. The van der Waals surface area contributed by atoms with E-state index in [1.807, 2.05) is 18.2 Å². The molecule has 1 fully saturated rings. The number of ether oxygens (including phenoxy) is 4. The molecule has 31 heavy (non-hydrogen) atoms. The van der Waals surface area contributed by atoms with Crippen molar-refractivity contribution in [1.29, 1.82) is 0 Å². The van der Waals surface area contributed by atoms with Crippen LogP contribution >= 0.6 is 0 Å². The van der Waals surface area contributed by atoms with Crippen molar-refractivity contribution in [2.24, 2.45) is 0 Å². The standard InChI is InChI=1S/C22H37N3O6/c1-28-12-4-7-23-22(27)15-25-10-8-24(9-11-25)14-19(26)17-31-16-18-5-6-20(29-2)21(13-18)30-3/h5-6,13,19,26H,4,7-12,14-17H2,1-3H3,(H,23,27). The number of hydrogen-bond acceptors (Lipinski definition) is 8. The van der Waals surface area contributed by atoms with Crippen molar-refractivity contribution in [2.45, 2.75) is 19.1 Å². The molecule has 2 N–H and O–H groups in total. The Bertz CT molecular complexity index is 652. The SMILES string of the molecule is COCCCNC(=O)CN1CCN(CC(O)COCc2ccc(OC)c(OC)c2)CC1. The number of rotatable bonds is 14. The van der Waals surface area contributed by atoms with Gasteiger partial charge >= 0.3 is 0 Å². The average Bonchev–Trinajstić information content (AvgIpc) is 2.78. The number of β-amino-alcohol motifs (C(OH)–C–C–N with tert-alkyl or cyclic N) is 1. The van der Waals surface area contributed by atoms with Gasteiger partial charge in [0, 0.05) is 53.0 Å². The van der Waals surface area contributed by atoms with Crippen LogP contribution in [0.2, 0.25) is 0 Å². The minimum absolute atomic E-state index is 0.0492. The topological polar surface area (TPSA) is 92.7 Å². The molecule has 1 aliphatic rings. The first-order valence-electron chi connectivity index (χ1n) is 10.7. The summed E-state index contributed by atoms with van der Waals surface area (Å²) in [7, 11) is 4.85. The Kier molecular flexibility index (Phi) is 11.6. The summed E-state index contributed by atoms with van der Waals surface area (Å²) in [4.78, 5) is 16.3. The molecule has 1 saturated heterocycles. The number of hydrogen-bond donors (Lipinski definition) is 2. The lowest BCUT2D eigenvalue weighted by Gasteiger charge is -2.35. The second-order valence-corrected chi connectivity index (χ2v) is 7.63. The van der Waals surface area contributed by atoms with Crippen LogP contribution in [0.5, 0.6) is 11.5 Å². The molecule has 0 aromatic heterocycles. The third-order valence-electron chi connectivity index (χ3n) is 5.18. The van der Waals surface area contributed by atoms with Crippen molar-refractivity contribution >= 4 is 5.91 Å². The molecule has 176 valence electrons. The summed E-state index contributed by atoms with van der Waals surface area (Å²) in [6, 6.07) is 5.63. The van der Waals surface area contributed by atoms with Gasteiger partial charge in [-0.3, -0.25) is 14.6 Å². The van der Waals surface area contributed by atoms with Crippen LogP contribution in [0.15, 0.2) is 18.2 Å². The number of amides is 1. The first kappa shape index (κ1) is 25.4. The van der Waals surface area contributed by atoms with Gasteiger partial charge in [-0.1, -0.05) is 6.07 Å². The summed E-state index contributed by atoms with van der Waals surface area (Å²) in [5, 5.41) is 13.2. The first-order chi connectivity index (χ1) is 15.0. The second-order valence-electron chi connectivity index (χ2n) is 7.63. The summed E-state index contributed by atoms with van der Waals surface area (Å²) in [5.41, 5.74) is 0.957. The monoisotopic (exact) mass is 439 g/mol. The van der Waals surface area contributed by atoms with E-state index in [1.165, 1.54) is 0 Å². The van der Waals surface area contributed by atoms with Gasteiger partial charge in [0.05, 0.1) is 40.1 Å². The Hall–Kier alpha value is -1.91. The lowest BCUT2D eigenvalue weighted by Crippen LogP contribution is -2.51. The minimum Gasteiger partial charge on any atom is -0.493 e. The third-order valence-corrected chi connectivity index (χ3v) is 5.18. The van der Waals surface area contributed by atoms with E-state index in [2.05, 4.69) is 15.1 Å². The average molecular weight is 440 g/mol. The van der Waals surface area contributed by atoms with Crippen molar-refractivity contribution in [3.63, 3.8) is 0 Å². The van der Waals surface area contributed by atoms with E-state index >= 15 is 0 Å². The van der Waals surface area contributed by atoms with Gasteiger partial charge in [0.1, 0.15) is 0 Å². The van der Waals surface area contributed by atoms with Crippen LogP contribution < -0.4 is 14.8 Å². The van der Waals surface area contributed by atoms with Crippen LogP contribution in [0.3, 0.4) is 0 Å². The Morgan fingerprint density at radius 1 is 1.10 bits per heavy atom. The molecule has 0 radical (unpaired) electrons. The van der Waals surface area contributed by atoms with Gasteiger partial charge in [-0.15, -0.1) is 0 Å². The fourth-order valence-electron chi connectivity index (χ4n) is 3.47. The van der Waals surface area contributed by atoms with Crippen molar-refractivity contribution in [3.05, 3.63) is 23.8 Å². The molecule has 0 bridgehead atoms. The van der Waals surface area contributed by atoms with Crippen LogP contribution in [0.4, 0.5) is 0 Å². The highest BCUT2D eigenvalue weighted by atomic mass is 16.5. The van der Waals surface area contributed by atoms with E-state index in [4.69, 9.17) is 18.9 Å². The quantitative estimate of drug-likeness (QED) is 0.401. The van der Waals surface area contributed by atoms with Crippen molar-refractivity contribution < 1.29 is 28.8 Å². The number of aliphatic hydroxyl groups is 1. The summed E-state index contributed by atoms with van der Waals surface area (Å²) < 4.78 is 21.2. The smallest absolute Gasteiger partial charge is 0.234 e. The number of methoxy groups -OCH3 is 3. The van der Waals surface area contributed by atoms with Gasteiger partial charge < -0.3 is 29.4 Å². The Labute approximate surface area is 185 Å². The molecule has 1 aliphatic heterocycles. The number of aliphatic hydroxyl groups excluding tert-OH is 1. The summed E-state index contributed by atoms with van der Waals surface area (Å²) in [5.74, 6) is 1.38. The molecule has 0 saturated carbocycles. The molecule has 1 aromatic carbocycles. The third kappa shape index (κ3) is 9.40. The van der Waals surface area contributed by atoms with E-state index < -0.39 is 6.10 Å². The number of piperazine rings is 1. The molecule has 1 heterocycles. The van der Waals surface area contributed by atoms with Crippen LogP contribution in [-0.2, 0) is 20.9 Å². The van der Waals surface area contributed by atoms with Gasteiger partial charge in [0.2, 0.25) is 5.91 Å². The zero-order valence-electron chi connectivity index (χ0n) is 19.0. The fraction of sp³-hybridized carbons (Fsp3) is 0.682. The van der Waals surface area contributed by atoms with Gasteiger partial charge in [0.25, 0.3) is 0 Å². The molecule has 9 heteroatoms. The molecule has 2 rings (SSSR count). The molecule has 9 nitrogen and oxygen atoms in total. The van der Waals surface area contributed by atoms with E-state index in [-0.39, 0.29) is 12.5 Å². The van der Waals surface area contributed by atoms with Gasteiger partial charge in [-0.2, -0.15) is 0 Å². The largest absolute Gasteiger partial charge is 0.493 e. The molecule has 1 aromatic rings. The summed E-state index contributed by atoms with van der Waals surface area (Å²) in [6.07, 6.45) is 0.262. The number of nitrogens with one attached hydrogen (secondary N) is 1. The molecule has 0 spiro atoms. The van der Waals surface area contributed by atoms with E-state index in [0.717, 1.165) is 38.2 Å². The molecule has 0 aliphatic carbocycles. The van der Waals surface area contributed by atoms with E-state index in [0.29, 0.717) is 44.3 Å². The first-order valence-corrected chi connectivity index (χ1v) is 10.7. The van der Waals surface area contributed by atoms with Crippen LogP contribution in [0.25, 0.3) is 0 Å². The van der Waals surface area contributed by atoms with Gasteiger partial charge in [-0.05, 0) is 24.1 Å². The predicted molar refractivity (Wildman–Crippen MR) is 118 cm³/mol. The normalized spacial score (nSPS) is 16.1. The predicted octanol–water partition coefficient (Wildman–Crippen LogP) is 0.352. The molecular weight excluding hydrogens is 402 g/mol. The lowest BCUT2D eigenvalue weighted by molar-refractivity contribution is -0.122. The maximum atomic E-state index is 12.0. The Morgan fingerprint density at radius 2 is 1.81 bits per heavy atom. The highest BCUT2D eigenvalue weighted by Crippen LogP contribution is 2.27.